The van der Waals surface area contributed by atoms with Crippen LogP contribution in [0.15, 0.2) is 12.2 Å². The van der Waals surface area contributed by atoms with Gasteiger partial charge in [0.05, 0.1) is 12.2 Å². The van der Waals surface area contributed by atoms with Crippen molar-refractivity contribution in [2.45, 2.75) is 64.0 Å². The van der Waals surface area contributed by atoms with E-state index in [4.69, 9.17) is 4.43 Å². The number of allylic oxidation sites excluding steroid dienone is 1. The molecule has 3 heteroatoms. The first kappa shape index (κ1) is 12.9. The molecule has 1 aliphatic rings. The molecule has 0 aromatic heterocycles. The Kier molecular flexibility index (Phi) is 3.79. The van der Waals surface area contributed by atoms with Gasteiger partial charge in [-0.1, -0.05) is 32.9 Å². The Morgan fingerprint density at radius 3 is 2.40 bits per heavy atom. The standard InChI is InChI=1S/C12H24O2Si/c1-12(2,3)15(4,5)14-11-9-7-6-8-10(11)13/h7,9-11,13H,6,8H2,1-5H3/t10-,11+/m0/s1. The number of hydrogen-bond acceptors (Lipinski definition) is 2. The highest BCUT2D eigenvalue weighted by Gasteiger charge is 2.40. The molecule has 0 spiro atoms. The fraction of sp³-hybridized carbons (Fsp3) is 0.833. The van der Waals surface area contributed by atoms with Crippen molar-refractivity contribution < 1.29 is 9.53 Å². The van der Waals surface area contributed by atoms with Gasteiger partial charge in [0.25, 0.3) is 0 Å². The van der Waals surface area contributed by atoms with Gasteiger partial charge in [-0.15, -0.1) is 0 Å². The fourth-order valence-corrected chi connectivity index (χ4v) is 2.69. The highest BCUT2D eigenvalue weighted by molar-refractivity contribution is 6.74. The second kappa shape index (κ2) is 4.40. The molecule has 1 aliphatic carbocycles. The van der Waals surface area contributed by atoms with E-state index in [2.05, 4.69) is 39.9 Å². The first-order valence-electron chi connectivity index (χ1n) is 5.76. The summed E-state index contributed by atoms with van der Waals surface area (Å²) in [6, 6.07) is 0. The summed E-state index contributed by atoms with van der Waals surface area (Å²) in [7, 11) is -1.75. The van der Waals surface area contributed by atoms with E-state index >= 15 is 0 Å². The molecule has 0 radical (unpaired) electrons. The van der Waals surface area contributed by atoms with Crippen LogP contribution in [0.25, 0.3) is 0 Å². The molecule has 0 aromatic rings. The van der Waals surface area contributed by atoms with Gasteiger partial charge < -0.3 is 9.53 Å². The largest absolute Gasteiger partial charge is 0.408 e. The molecular weight excluding hydrogens is 204 g/mol. The van der Waals surface area contributed by atoms with Crippen LogP contribution in [-0.2, 0) is 4.43 Å². The van der Waals surface area contributed by atoms with Crippen molar-refractivity contribution in [2.24, 2.45) is 0 Å². The zero-order valence-corrected chi connectivity index (χ0v) is 11.6. The highest BCUT2D eigenvalue weighted by Crippen LogP contribution is 2.38. The Labute approximate surface area is 94.5 Å². The van der Waals surface area contributed by atoms with E-state index in [1.165, 1.54) is 0 Å². The lowest BCUT2D eigenvalue weighted by molar-refractivity contribution is 0.0455. The third-order valence-corrected chi connectivity index (χ3v) is 8.04. The molecule has 0 fully saturated rings. The maximum Gasteiger partial charge on any atom is 0.193 e. The number of aliphatic hydroxyl groups excluding tert-OH is 1. The normalized spacial score (nSPS) is 28.1. The van der Waals surface area contributed by atoms with Gasteiger partial charge in [0.2, 0.25) is 0 Å². The minimum Gasteiger partial charge on any atom is -0.408 e. The van der Waals surface area contributed by atoms with Crippen molar-refractivity contribution in [3.63, 3.8) is 0 Å². The molecule has 0 saturated carbocycles. The summed E-state index contributed by atoms with van der Waals surface area (Å²) in [5, 5.41) is 10.1. The zero-order valence-electron chi connectivity index (χ0n) is 10.6. The minimum absolute atomic E-state index is 0.0837. The first-order valence-corrected chi connectivity index (χ1v) is 8.67. The lowest BCUT2D eigenvalue weighted by Gasteiger charge is -2.40. The van der Waals surface area contributed by atoms with Crippen molar-refractivity contribution in [3.8, 4) is 0 Å². The molecule has 15 heavy (non-hydrogen) atoms. The molecule has 2 atom stereocenters. The van der Waals surface area contributed by atoms with Crippen LogP contribution in [0, 0.1) is 0 Å². The maximum atomic E-state index is 9.84. The molecule has 0 aromatic carbocycles. The lowest BCUT2D eigenvalue weighted by Crippen LogP contribution is -2.47. The van der Waals surface area contributed by atoms with Crippen molar-refractivity contribution in [1.29, 1.82) is 0 Å². The van der Waals surface area contributed by atoms with Crippen molar-refractivity contribution in [3.05, 3.63) is 12.2 Å². The average Bonchev–Trinajstić information content (AvgIpc) is 2.06. The third kappa shape index (κ3) is 3.16. The van der Waals surface area contributed by atoms with Crippen molar-refractivity contribution >= 4 is 8.32 Å². The number of hydrogen-bond donors (Lipinski definition) is 1. The van der Waals surface area contributed by atoms with E-state index in [1.807, 2.05) is 6.08 Å². The first-order chi connectivity index (χ1) is 6.74. The van der Waals surface area contributed by atoms with Gasteiger partial charge in [-0.25, -0.2) is 0 Å². The van der Waals surface area contributed by atoms with Crippen molar-refractivity contribution in [1.82, 2.24) is 0 Å². The van der Waals surface area contributed by atoms with Crippen molar-refractivity contribution in [2.75, 3.05) is 0 Å². The summed E-state index contributed by atoms with van der Waals surface area (Å²) in [4.78, 5) is 0. The van der Waals surface area contributed by atoms with Crippen LogP contribution in [0.4, 0.5) is 0 Å². The minimum atomic E-state index is -1.75. The van der Waals surface area contributed by atoms with Crippen LogP contribution >= 0.6 is 0 Å². The maximum absolute atomic E-state index is 9.84. The predicted molar refractivity (Wildman–Crippen MR) is 66.5 cm³/mol. The van der Waals surface area contributed by atoms with Gasteiger partial charge in [0.15, 0.2) is 8.32 Å². The Hall–Kier alpha value is -0.123. The second-order valence-electron chi connectivity index (χ2n) is 5.92. The summed E-state index contributed by atoms with van der Waals surface area (Å²) in [5.74, 6) is 0. The van der Waals surface area contributed by atoms with E-state index in [-0.39, 0.29) is 17.2 Å². The predicted octanol–water partition coefficient (Wildman–Crippen LogP) is 3.09. The Morgan fingerprint density at radius 1 is 1.33 bits per heavy atom. The summed E-state index contributed by atoms with van der Waals surface area (Å²) >= 11 is 0. The smallest absolute Gasteiger partial charge is 0.193 e. The topological polar surface area (TPSA) is 29.5 Å². The Morgan fingerprint density at radius 2 is 1.93 bits per heavy atom. The van der Waals surface area contributed by atoms with Gasteiger partial charge in [-0.2, -0.15) is 0 Å². The van der Waals surface area contributed by atoms with Gasteiger partial charge in [0, 0.05) is 0 Å². The van der Waals surface area contributed by atoms with E-state index in [0.717, 1.165) is 12.8 Å². The summed E-state index contributed by atoms with van der Waals surface area (Å²) in [5.41, 5.74) is 0. The van der Waals surface area contributed by atoms with Gasteiger partial charge in [0.1, 0.15) is 0 Å². The van der Waals surface area contributed by atoms with Crippen LogP contribution in [0.2, 0.25) is 18.1 Å². The molecule has 0 amide bonds. The summed E-state index contributed by atoms with van der Waals surface area (Å²) < 4.78 is 6.16. The monoisotopic (exact) mass is 228 g/mol. The molecule has 88 valence electrons. The molecule has 0 unspecified atom stereocenters. The molecule has 0 aliphatic heterocycles. The molecule has 2 nitrogen and oxygen atoms in total. The molecular formula is C12H24O2Si. The Bertz CT molecular complexity index is 240. The highest BCUT2D eigenvalue weighted by atomic mass is 28.4. The SMILES string of the molecule is CC(C)(C)[Si](C)(C)O[C@@H]1C=CCC[C@@H]1O. The quantitative estimate of drug-likeness (QED) is 0.581. The van der Waals surface area contributed by atoms with Crippen LogP contribution in [0.5, 0.6) is 0 Å². The van der Waals surface area contributed by atoms with E-state index < -0.39 is 8.32 Å². The van der Waals surface area contributed by atoms with E-state index in [0.29, 0.717) is 0 Å². The van der Waals surface area contributed by atoms with Crippen LogP contribution < -0.4 is 0 Å². The number of rotatable bonds is 2. The second-order valence-corrected chi connectivity index (χ2v) is 10.7. The van der Waals surface area contributed by atoms with E-state index in [1.54, 1.807) is 0 Å². The van der Waals surface area contributed by atoms with Crippen LogP contribution in [-0.4, -0.2) is 25.6 Å². The fourth-order valence-electron chi connectivity index (χ4n) is 1.42. The molecule has 0 heterocycles. The van der Waals surface area contributed by atoms with Gasteiger partial charge in [-0.3, -0.25) is 0 Å². The molecule has 0 bridgehead atoms. The van der Waals surface area contributed by atoms with Gasteiger partial charge >= 0.3 is 0 Å². The van der Waals surface area contributed by atoms with E-state index in [9.17, 15) is 5.11 Å². The molecule has 1 rings (SSSR count). The molecule has 0 saturated heterocycles. The third-order valence-electron chi connectivity index (χ3n) is 3.57. The Balaban J connectivity index is 2.68. The molecule has 1 N–H and O–H groups in total. The lowest BCUT2D eigenvalue weighted by atomic mass is 10.0. The average molecular weight is 228 g/mol. The summed E-state index contributed by atoms with van der Waals surface area (Å²) in [6.07, 6.45) is 5.54. The number of aliphatic hydroxyl groups is 1. The van der Waals surface area contributed by atoms with Crippen LogP contribution in [0.1, 0.15) is 33.6 Å². The van der Waals surface area contributed by atoms with Gasteiger partial charge in [-0.05, 0) is 31.0 Å². The van der Waals surface area contributed by atoms with Crippen LogP contribution in [0.3, 0.4) is 0 Å². The zero-order chi connectivity index (χ0) is 11.7. The summed E-state index contributed by atoms with van der Waals surface area (Å²) in [6.45, 7) is 11.1.